The van der Waals surface area contributed by atoms with Crippen LogP contribution in [0.2, 0.25) is 0 Å². The van der Waals surface area contributed by atoms with Gasteiger partial charge in [-0.05, 0) is 43.5 Å². The van der Waals surface area contributed by atoms with Gasteiger partial charge in [-0.25, -0.2) is 8.78 Å². The molecule has 0 aliphatic rings. The molecule has 0 radical (unpaired) electrons. The average molecular weight is 299 g/mol. The molecule has 0 amide bonds. The van der Waals surface area contributed by atoms with Crippen molar-refractivity contribution in [2.75, 3.05) is 33.4 Å². The van der Waals surface area contributed by atoms with E-state index in [2.05, 4.69) is 15.6 Å². The molecule has 0 aromatic heterocycles. The zero-order valence-corrected chi connectivity index (χ0v) is 12.6. The highest BCUT2D eigenvalue weighted by atomic mass is 19.1. The molecule has 1 aromatic rings. The van der Waals surface area contributed by atoms with Crippen LogP contribution in [0.4, 0.5) is 8.78 Å². The Labute approximate surface area is 124 Å². The molecule has 0 unspecified atom stereocenters. The van der Waals surface area contributed by atoms with Crippen LogP contribution in [-0.4, -0.2) is 39.3 Å². The number of ether oxygens (including phenoxy) is 1. The van der Waals surface area contributed by atoms with Gasteiger partial charge in [0.15, 0.2) is 5.96 Å². The molecular formula is C15H23F2N3O. The van der Waals surface area contributed by atoms with Crippen LogP contribution in [0.1, 0.15) is 18.9 Å². The van der Waals surface area contributed by atoms with Gasteiger partial charge < -0.3 is 15.4 Å². The highest BCUT2D eigenvalue weighted by Crippen LogP contribution is 2.09. The Hall–Kier alpha value is -1.69. The molecule has 0 heterocycles. The summed E-state index contributed by atoms with van der Waals surface area (Å²) in [5.74, 6) is -0.175. The Morgan fingerprint density at radius 1 is 1.24 bits per heavy atom. The molecule has 0 atom stereocenters. The maximum atomic E-state index is 13.4. The largest absolute Gasteiger partial charge is 0.382 e. The van der Waals surface area contributed by atoms with Crippen LogP contribution in [0.25, 0.3) is 0 Å². The number of benzene rings is 1. The number of hydrogen-bond donors (Lipinski definition) is 2. The topological polar surface area (TPSA) is 45.6 Å². The van der Waals surface area contributed by atoms with Crippen molar-refractivity contribution in [3.63, 3.8) is 0 Å². The number of hydrogen-bond acceptors (Lipinski definition) is 2. The van der Waals surface area contributed by atoms with Gasteiger partial charge in [-0.2, -0.15) is 0 Å². The Bertz CT molecular complexity index is 453. The molecule has 1 aromatic carbocycles. The smallest absolute Gasteiger partial charge is 0.190 e. The van der Waals surface area contributed by atoms with Crippen LogP contribution in [0.5, 0.6) is 0 Å². The van der Waals surface area contributed by atoms with Crippen molar-refractivity contribution in [3.8, 4) is 0 Å². The first kappa shape index (κ1) is 17.4. The van der Waals surface area contributed by atoms with Crippen molar-refractivity contribution < 1.29 is 13.5 Å². The van der Waals surface area contributed by atoms with E-state index in [1.165, 1.54) is 6.07 Å². The van der Waals surface area contributed by atoms with E-state index in [-0.39, 0.29) is 0 Å². The molecule has 118 valence electrons. The van der Waals surface area contributed by atoms with E-state index in [1.54, 1.807) is 7.05 Å². The number of nitrogens with one attached hydrogen (secondary N) is 2. The molecule has 0 bridgehead atoms. The van der Waals surface area contributed by atoms with Gasteiger partial charge in [0.05, 0.1) is 0 Å². The molecule has 1 rings (SSSR count). The minimum Gasteiger partial charge on any atom is -0.382 e. The SMILES string of the molecule is CCOCCCNC(=NC)NCCc1cc(F)ccc1F. The van der Waals surface area contributed by atoms with Crippen LogP contribution in [-0.2, 0) is 11.2 Å². The summed E-state index contributed by atoms with van der Waals surface area (Å²) in [4.78, 5) is 4.06. The van der Waals surface area contributed by atoms with Crippen molar-refractivity contribution >= 4 is 5.96 Å². The Morgan fingerprint density at radius 2 is 2.00 bits per heavy atom. The summed E-state index contributed by atoms with van der Waals surface area (Å²) in [7, 11) is 1.67. The second kappa shape index (κ2) is 10.1. The highest BCUT2D eigenvalue weighted by molar-refractivity contribution is 5.79. The third-order valence-electron chi connectivity index (χ3n) is 2.88. The third-order valence-corrected chi connectivity index (χ3v) is 2.88. The molecule has 0 saturated carbocycles. The monoisotopic (exact) mass is 299 g/mol. The molecule has 0 fully saturated rings. The Morgan fingerprint density at radius 3 is 2.71 bits per heavy atom. The number of nitrogens with zero attached hydrogens (tertiary/aromatic N) is 1. The maximum absolute atomic E-state index is 13.4. The second-order valence-electron chi connectivity index (χ2n) is 4.46. The summed E-state index contributed by atoms with van der Waals surface area (Å²) in [6.07, 6.45) is 1.27. The van der Waals surface area contributed by atoms with E-state index in [4.69, 9.17) is 4.74 Å². The van der Waals surface area contributed by atoms with Gasteiger partial charge in [0.1, 0.15) is 11.6 Å². The molecule has 21 heavy (non-hydrogen) atoms. The summed E-state index contributed by atoms with van der Waals surface area (Å²) in [6.45, 7) is 4.60. The maximum Gasteiger partial charge on any atom is 0.190 e. The fraction of sp³-hybridized carbons (Fsp3) is 0.533. The van der Waals surface area contributed by atoms with Crippen molar-refractivity contribution in [1.82, 2.24) is 10.6 Å². The summed E-state index contributed by atoms with van der Waals surface area (Å²) in [5, 5.41) is 6.20. The normalized spacial score (nSPS) is 11.5. The fourth-order valence-corrected chi connectivity index (χ4v) is 1.80. The van der Waals surface area contributed by atoms with Crippen LogP contribution < -0.4 is 10.6 Å². The standard InChI is InChI=1S/C15H23F2N3O/c1-3-21-10-4-8-19-15(18-2)20-9-7-12-11-13(16)5-6-14(12)17/h5-6,11H,3-4,7-10H2,1-2H3,(H2,18,19,20). The van der Waals surface area contributed by atoms with E-state index >= 15 is 0 Å². The predicted octanol–water partition coefficient (Wildman–Crippen LogP) is 2.10. The van der Waals surface area contributed by atoms with Crippen LogP contribution >= 0.6 is 0 Å². The quantitative estimate of drug-likeness (QED) is 0.439. The molecule has 0 spiro atoms. The number of aliphatic imine (C=N–C) groups is 1. The van der Waals surface area contributed by atoms with E-state index in [9.17, 15) is 8.78 Å². The van der Waals surface area contributed by atoms with Gasteiger partial charge in [0, 0.05) is 33.4 Å². The first-order valence-corrected chi connectivity index (χ1v) is 7.13. The van der Waals surface area contributed by atoms with Gasteiger partial charge in [0.25, 0.3) is 0 Å². The number of rotatable bonds is 8. The lowest BCUT2D eigenvalue weighted by atomic mass is 10.1. The average Bonchev–Trinajstić information content (AvgIpc) is 2.48. The van der Waals surface area contributed by atoms with Gasteiger partial charge >= 0.3 is 0 Å². The zero-order valence-electron chi connectivity index (χ0n) is 12.6. The van der Waals surface area contributed by atoms with Gasteiger partial charge in [-0.1, -0.05) is 0 Å². The molecule has 4 nitrogen and oxygen atoms in total. The minimum atomic E-state index is -0.426. The first-order chi connectivity index (χ1) is 10.2. The highest BCUT2D eigenvalue weighted by Gasteiger charge is 2.04. The van der Waals surface area contributed by atoms with Crippen LogP contribution in [0.3, 0.4) is 0 Å². The first-order valence-electron chi connectivity index (χ1n) is 7.13. The van der Waals surface area contributed by atoms with Crippen LogP contribution in [0, 0.1) is 11.6 Å². The van der Waals surface area contributed by atoms with E-state index in [1.807, 2.05) is 6.92 Å². The molecule has 0 aliphatic carbocycles. The van der Waals surface area contributed by atoms with E-state index < -0.39 is 11.6 Å². The van der Waals surface area contributed by atoms with Gasteiger partial charge in [0.2, 0.25) is 0 Å². The molecule has 0 aliphatic heterocycles. The predicted molar refractivity (Wildman–Crippen MR) is 80.5 cm³/mol. The summed E-state index contributed by atoms with van der Waals surface area (Å²) in [5.41, 5.74) is 0.356. The summed E-state index contributed by atoms with van der Waals surface area (Å²) >= 11 is 0. The Kier molecular flexibility index (Phi) is 8.35. The summed E-state index contributed by atoms with van der Waals surface area (Å²) in [6, 6.07) is 3.48. The Balaban J connectivity index is 2.27. The van der Waals surface area contributed by atoms with Gasteiger partial charge in [-0.3, -0.25) is 4.99 Å². The van der Waals surface area contributed by atoms with Crippen molar-refractivity contribution in [2.45, 2.75) is 19.8 Å². The van der Waals surface area contributed by atoms with E-state index in [0.29, 0.717) is 37.7 Å². The van der Waals surface area contributed by atoms with Crippen molar-refractivity contribution in [2.24, 2.45) is 4.99 Å². The van der Waals surface area contributed by atoms with Crippen LogP contribution in [0.15, 0.2) is 23.2 Å². The lowest BCUT2D eigenvalue weighted by Crippen LogP contribution is -2.39. The lowest BCUT2D eigenvalue weighted by molar-refractivity contribution is 0.145. The zero-order chi connectivity index (χ0) is 15.5. The minimum absolute atomic E-state index is 0.356. The molecule has 2 N–H and O–H groups in total. The van der Waals surface area contributed by atoms with E-state index in [0.717, 1.165) is 25.1 Å². The second-order valence-corrected chi connectivity index (χ2v) is 4.46. The fourth-order valence-electron chi connectivity index (χ4n) is 1.80. The van der Waals surface area contributed by atoms with Crippen molar-refractivity contribution in [3.05, 3.63) is 35.4 Å². The number of guanidine groups is 1. The van der Waals surface area contributed by atoms with Crippen molar-refractivity contribution in [1.29, 1.82) is 0 Å². The molecule has 0 saturated heterocycles. The third kappa shape index (κ3) is 7.04. The lowest BCUT2D eigenvalue weighted by Gasteiger charge is -2.12. The number of halogens is 2. The summed E-state index contributed by atoms with van der Waals surface area (Å²) < 4.78 is 31.7. The molecule has 6 heteroatoms. The van der Waals surface area contributed by atoms with Gasteiger partial charge in [-0.15, -0.1) is 0 Å². The molecular weight excluding hydrogens is 276 g/mol.